The van der Waals surface area contributed by atoms with E-state index in [0.717, 1.165) is 38.1 Å². The lowest BCUT2D eigenvalue weighted by Gasteiger charge is -2.43. The zero-order chi connectivity index (χ0) is 16.8. The van der Waals surface area contributed by atoms with Crippen LogP contribution >= 0.6 is 0 Å². The molecule has 1 aromatic rings. The molecular formula is C21H34N2O. The van der Waals surface area contributed by atoms with Crippen LogP contribution in [0.25, 0.3) is 0 Å². The summed E-state index contributed by atoms with van der Waals surface area (Å²) in [5.74, 6) is 0.875. The Balaban J connectivity index is 1.65. The maximum absolute atomic E-state index is 9.54. The average molecular weight is 331 g/mol. The van der Waals surface area contributed by atoms with Crippen molar-refractivity contribution in [1.82, 2.24) is 10.2 Å². The number of aliphatic hydroxyl groups is 1. The highest BCUT2D eigenvalue weighted by Gasteiger charge is 2.37. The highest BCUT2D eigenvalue weighted by Crippen LogP contribution is 2.40. The number of aliphatic hydroxyl groups excluding tert-OH is 1. The van der Waals surface area contributed by atoms with Crippen LogP contribution in [-0.2, 0) is 6.54 Å². The van der Waals surface area contributed by atoms with Crippen molar-refractivity contribution in [2.45, 2.75) is 58.0 Å². The number of nitrogens with one attached hydrogen (secondary N) is 1. The van der Waals surface area contributed by atoms with Gasteiger partial charge in [-0.05, 0) is 42.6 Å². The Morgan fingerprint density at radius 2 is 1.83 bits per heavy atom. The van der Waals surface area contributed by atoms with Gasteiger partial charge in [-0.2, -0.15) is 0 Å². The second-order valence-corrected chi connectivity index (χ2v) is 8.26. The summed E-state index contributed by atoms with van der Waals surface area (Å²) in [4.78, 5) is 2.47. The minimum Gasteiger partial charge on any atom is -0.395 e. The molecule has 2 aliphatic rings. The summed E-state index contributed by atoms with van der Waals surface area (Å²) in [5.41, 5.74) is 1.74. The molecule has 0 spiro atoms. The van der Waals surface area contributed by atoms with Crippen LogP contribution in [0, 0.1) is 11.3 Å². The minimum absolute atomic E-state index is 0.245. The summed E-state index contributed by atoms with van der Waals surface area (Å²) in [6.07, 6.45) is 8.07. The number of nitrogens with zero attached hydrogens (tertiary/aromatic N) is 1. The Bertz CT molecular complexity index is 478. The van der Waals surface area contributed by atoms with Crippen LogP contribution in [0.3, 0.4) is 0 Å². The van der Waals surface area contributed by atoms with Gasteiger partial charge in [0.1, 0.15) is 0 Å². The van der Waals surface area contributed by atoms with Gasteiger partial charge < -0.3 is 10.4 Å². The predicted molar refractivity (Wildman–Crippen MR) is 99.9 cm³/mol. The molecule has 0 saturated heterocycles. The standard InChI is InChI=1S/C21H34N2O/c1-18-9-11-21(12-10-18,16-22-20-7-8-20)17-23(13-14-24)15-19-5-3-2-4-6-19/h2-6,18,20,22,24H,7-17H2,1H3. The molecule has 0 radical (unpaired) electrons. The fourth-order valence-corrected chi connectivity index (χ4v) is 4.09. The molecular weight excluding hydrogens is 296 g/mol. The number of hydrogen-bond acceptors (Lipinski definition) is 3. The fraction of sp³-hybridized carbons (Fsp3) is 0.714. The molecule has 3 rings (SSSR count). The Morgan fingerprint density at radius 1 is 1.12 bits per heavy atom. The van der Waals surface area contributed by atoms with Gasteiger partial charge in [0.15, 0.2) is 0 Å². The van der Waals surface area contributed by atoms with E-state index in [4.69, 9.17) is 0 Å². The zero-order valence-corrected chi connectivity index (χ0v) is 15.2. The molecule has 0 heterocycles. The molecule has 2 N–H and O–H groups in total. The van der Waals surface area contributed by atoms with Crippen molar-refractivity contribution in [3.8, 4) is 0 Å². The first-order valence-corrected chi connectivity index (χ1v) is 9.80. The molecule has 2 fully saturated rings. The molecule has 0 aliphatic heterocycles. The van der Waals surface area contributed by atoms with Crippen LogP contribution in [0.1, 0.15) is 51.0 Å². The second kappa shape index (κ2) is 8.46. The molecule has 0 bridgehead atoms. The zero-order valence-electron chi connectivity index (χ0n) is 15.2. The molecule has 0 unspecified atom stereocenters. The van der Waals surface area contributed by atoms with E-state index in [1.165, 1.54) is 44.1 Å². The molecule has 134 valence electrons. The van der Waals surface area contributed by atoms with Gasteiger partial charge in [-0.1, -0.05) is 50.1 Å². The molecule has 24 heavy (non-hydrogen) atoms. The van der Waals surface area contributed by atoms with Gasteiger partial charge in [-0.3, -0.25) is 4.90 Å². The second-order valence-electron chi connectivity index (χ2n) is 8.26. The summed E-state index contributed by atoms with van der Waals surface area (Å²) in [7, 11) is 0. The Hall–Kier alpha value is -0.900. The lowest BCUT2D eigenvalue weighted by Crippen LogP contribution is -2.47. The largest absolute Gasteiger partial charge is 0.395 e. The van der Waals surface area contributed by atoms with Crippen LogP contribution in [0.15, 0.2) is 30.3 Å². The third kappa shape index (κ3) is 5.30. The Labute approximate surface area is 147 Å². The fourth-order valence-electron chi connectivity index (χ4n) is 4.09. The van der Waals surface area contributed by atoms with Gasteiger partial charge in [0, 0.05) is 32.2 Å². The molecule has 0 aromatic heterocycles. The summed E-state index contributed by atoms with van der Waals surface area (Å²) in [5, 5.41) is 13.3. The van der Waals surface area contributed by atoms with Gasteiger partial charge in [0.2, 0.25) is 0 Å². The number of rotatable bonds is 9. The van der Waals surface area contributed by atoms with E-state index in [0.29, 0.717) is 5.41 Å². The molecule has 0 amide bonds. The Kier molecular flexibility index (Phi) is 6.31. The quantitative estimate of drug-likeness (QED) is 0.728. The highest BCUT2D eigenvalue weighted by atomic mass is 16.3. The Morgan fingerprint density at radius 3 is 2.46 bits per heavy atom. The molecule has 3 nitrogen and oxygen atoms in total. The van der Waals surface area contributed by atoms with Crippen molar-refractivity contribution in [2.24, 2.45) is 11.3 Å². The van der Waals surface area contributed by atoms with Crippen molar-refractivity contribution in [2.75, 3.05) is 26.2 Å². The van der Waals surface area contributed by atoms with Crippen molar-refractivity contribution in [3.63, 3.8) is 0 Å². The first-order valence-electron chi connectivity index (χ1n) is 9.80. The SMILES string of the molecule is CC1CCC(CNC2CC2)(CN(CCO)Cc2ccccc2)CC1. The normalized spacial score (nSPS) is 27.5. The number of hydrogen-bond donors (Lipinski definition) is 2. The van der Waals surface area contributed by atoms with Crippen molar-refractivity contribution < 1.29 is 5.11 Å². The van der Waals surface area contributed by atoms with Crippen LogP contribution in [0.5, 0.6) is 0 Å². The van der Waals surface area contributed by atoms with E-state index in [1.54, 1.807) is 0 Å². The molecule has 2 saturated carbocycles. The van der Waals surface area contributed by atoms with Gasteiger partial charge in [0.05, 0.1) is 6.61 Å². The summed E-state index contributed by atoms with van der Waals surface area (Å²) in [6.45, 7) is 6.62. The summed E-state index contributed by atoms with van der Waals surface area (Å²) < 4.78 is 0. The topological polar surface area (TPSA) is 35.5 Å². The number of benzene rings is 1. The monoisotopic (exact) mass is 330 g/mol. The lowest BCUT2D eigenvalue weighted by molar-refractivity contribution is 0.0715. The van der Waals surface area contributed by atoms with Crippen molar-refractivity contribution >= 4 is 0 Å². The average Bonchev–Trinajstić information content (AvgIpc) is 3.41. The molecule has 2 aliphatic carbocycles. The molecule has 3 heteroatoms. The van der Waals surface area contributed by atoms with Crippen molar-refractivity contribution in [1.29, 1.82) is 0 Å². The van der Waals surface area contributed by atoms with E-state index < -0.39 is 0 Å². The van der Waals surface area contributed by atoms with E-state index >= 15 is 0 Å². The van der Waals surface area contributed by atoms with Crippen LogP contribution in [0.4, 0.5) is 0 Å². The molecule has 0 atom stereocenters. The first kappa shape index (κ1) is 17.9. The lowest BCUT2D eigenvalue weighted by atomic mass is 9.70. The van der Waals surface area contributed by atoms with Gasteiger partial charge in [-0.25, -0.2) is 0 Å². The predicted octanol–water partition coefficient (Wildman–Crippen LogP) is 3.43. The third-order valence-electron chi connectivity index (χ3n) is 5.90. The summed E-state index contributed by atoms with van der Waals surface area (Å²) >= 11 is 0. The minimum atomic E-state index is 0.245. The van der Waals surface area contributed by atoms with Crippen LogP contribution in [0.2, 0.25) is 0 Å². The van der Waals surface area contributed by atoms with Crippen molar-refractivity contribution in [3.05, 3.63) is 35.9 Å². The van der Waals surface area contributed by atoms with E-state index in [9.17, 15) is 5.11 Å². The summed E-state index contributed by atoms with van der Waals surface area (Å²) in [6, 6.07) is 11.5. The third-order valence-corrected chi connectivity index (χ3v) is 5.90. The van der Waals surface area contributed by atoms with Crippen LogP contribution < -0.4 is 5.32 Å². The first-order chi connectivity index (χ1) is 11.7. The molecule has 1 aromatic carbocycles. The smallest absolute Gasteiger partial charge is 0.0558 e. The van der Waals surface area contributed by atoms with E-state index in [-0.39, 0.29) is 6.61 Å². The van der Waals surface area contributed by atoms with E-state index in [2.05, 4.69) is 47.5 Å². The van der Waals surface area contributed by atoms with Gasteiger partial charge in [-0.15, -0.1) is 0 Å². The van der Waals surface area contributed by atoms with Crippen LogP contribution in [-0.4, -0.2) is 42.3 Å². The maximum atomic E-state index is 9.54. The van der Waals surface area contributed by atoms with E-state index in [1.807, 2.05) is 0 Å². The maximum Gasteiger partial charge on any atom is 0.0558 e. The van der Waals surface area contributed by atoms with Gasteiger partial charge in [0.25, 0.3) is 0 Å². The highest BCUT2D eigenvalue weighted by molar-refractivity contribution is 5.14. The van der Waals surface area contributed by atoms with Gasteiger partial charge >= 0.3 is 0 Å².